The fourth-order valence-corrected chi connectivity index (χ4v) is 3.90. The van der Waals surface area contributed by atoms with Crippen LogP contribution in [-0.2, 0) is 0 Å². The molecule has 3 rings (SSSR count). The number of aryl methyl sites for hydroxylation is 2. The number of carbonyl (C=O) groups excluding carboxylic acids is 1. The maximum Gasteiger partial charge on any atom is 0.251 e. The first-order valence-corrected chi connectivity index (χ1v) is 10.3. The van der Waals surface area contributed by atoms with Gasteiger partial charge in [-0.3, -0.25) is 4.79 Å². The van der Waals surface area contributed by atoms with Crippen molar-refractivity contribution in [1.29, 1.82) is 0 Å². The zero-order chi connectivity index (χ0) is 20.1. The SMILES string of the molecule is CC#CCOc1cc(C(=O)NC(C)c2nnc(C)s2)cc(-c2ncc(C)s2)c1. The van der Waals surface area contributed by atoms with Crippen LogP contribution in [-0.4, -0.2) is 27.7 Å². The Balaban J connectivity index is 1.87. The number of thiazole rings is 1. The summed E-state index contributed by atoms with van der Waals surface area (Å²) in [6.07, 6.45) is 1.82. The van der Waals surface area contributed by atoms with Crippen LogP contribution in [0.15, 0.2) is 24.4 Å². The summed E-state index contributed by atoms with van der Waals surface area (Å²) in [6.45, 7) is 7.79. The molecule has 1 unspecified atom stereocenters. The van der Waals surface area contributed by atoms with E-state index < -0.39 is 0 Å². The summed E-state index contributed by atoms with van der Waals surface area (Å²) in [5.74, 6) is 6.03. The number of hydrogen-bond donors (Lipinski definition) is 1. The van der Waals surface area contributed by atoms with Crippen LogP contribution in [0.4, 0.5) is 0 Å². The second-order valence-electron chi connectivity index (χ2n) is 6.09. The van der Waals surface area contributed by atoms with Crippen LogP contribution >= 0.6 is 22.7 Å². The molecule has 2 aromatic heterocycles. The van der Waals surface area contributed by atoms with Gasteiger partial charge in [0.2, 0.25) is 0 Å². The average molecular weight is 413 g/mol. The third-order valence-electron chi connectivity index (χ3n) is 3.78. The molecule has 1 atom stereocenters. The normalized spacial score (nSPS) is 11.4. The summed E-state index contributed by atoms with van der Waals surface area (Å²) in [4.78, 5) is 18.4. The van der Waals surface area contributed by atoms with Gasteiger partial charge in [-0.2, -0.15) is 0 Å². The lowest BCUT2D eigenvalue weighted by Gasteiger charge is -2.13. The fourth-order valence-electron chi connectivity index (χ4n) is 2.45. The Morgan fingerprint density at radius 2 is 2.07 bits per heavy atom. The van der Waals surface area contributed by atoms with Crippen molar-refractivity contribution in [3.8, 4) is 28.2 Å². The number of rotatable bonds is 6. The molecule has 0 radical (unpaired) electrons. The Morgan fingerprint density at radius 1 is 1.25 bits per heavy atom. The number of nitrogens with zero attached hydrogens (tertiary/aromatic N) is 3. The van der Waals surface area contributed by atoms with Gasteiger partial charge in [0.25, 0.3) is 5.91 Å². The quantitative estimate of drug-likeness (QED) is 0.615. The first kappa shape index (κ1) is 20.0. The summed E-state index contributed by atoms with van der Waals surface area (Å²) < 4.78 is 5.70. The Kier molecular flexibility index (Phi) is 6.39. The summed E-state index contributed by atoms with van der Waals surface area (Å²) >= 11 is 3.04. The lowest BCUT2D eigenvalue weighted by molar-refractivity contribution is 0.0939. The highest BCUT2D eigenvalue weighted by molar-refractivity contribution is 7.15. The molecule has 3 aromatic rings. The van der Waals surface area contributed by atoms with Crippen molar-refractivity contribution in [2.24, 2.45) is 0 Å². The summed E-state index contributed by atoms with van der Waals surface area (Å²) in [5, 5.41) is 13.6. The van der Waals surface area contributed by atoms with Crippen LogP contribution in [0, 0.1) is 25.7 Å². The Hall–Kier alpha value is -2.76. The van der Waals surface area contributed by atoms with Gasteiger partial charge in [0, 0.05) is 22.2 Å². The number of nitrogens with one attached hydrogen (secondary N) is 1. The van der Waals surface area contributed by atoms with Gasteiger partial charge in [-0.15, -0.1) is 27.5 Å². The van der Waals surface area contributed by atoms with E-state index in [4.69, 9.17) is 4.74 Å². The minimum Gasteiger partial charge on any atom is -0.481 e. The molecule has 0 aliphatic carbocycles. The molecular formula is C20H20N4O2S2. The van der Waals surface area contributed by atoms with Crippen LogP contribution in [0.3, 0.4) is 0 Å². The van der Waals surface area contributed by atoms with Gasteiger partial charge in [0.1, 0.15) is 27.4 Å². The highest BCUT2D eigenvalue weighted by atomic mass is 32.1. The third-order valence-corrected chi connectivity index (χ3v) is 5.77. The highest BCUT2D eigenvalue weighted by Crippen LogP contribution is 2.30. The molecule has 144 valence electrons. The first-order chi connectivity index (χ1) is 13.5. The van der Waals surface area contributed by atoms with Crippen LogP contribution in [0.2, 0.25) is 0 Å². The third kappa shape index (κ3) is 4.94. The van der Waals surface area contributed by atoms with Gasteiger partial charge in [0.15, 0.2) is 0 Å². The molecular weight excluding hydrogens is 392 g/mol. The molecule has 28 heavy (non-hydrogen) atoms. The van der Waals surface area contributed by atoms with E-state index in [0.29, 0.717) is 11.3 Å². The zero-order valence-electron chi connectivity index (χ0n) is 16.1. The Bertz CT molecular complexity index is 1050. The summed E-state index contributed by atoms with van der Waals surface area (Å²) in [6, 6.07) is 5.18. The van der Waals surface area contributed by atoms with Gasteiger partial charge < -0.3 is 10.1 Å². The maximum atomic E-state index is 12.9. The molecule has 0 aliphatic heterocycles. The van der Waals surface area contributed by atoms with Crippen molar-refractivity contribution in [1.82, 2.24) is 20.5 Å². The molecule has 0 fully saturated rings. The molecule has 1 amide bonds. The standard InChI is InChI=1S/C20H20N4O2S2/c1-5-6-7-26-17-9-15(8-16(10-17)20-21-11-12(2)27-20)18(25)22-13(3)19-24-23-14(4)28-19/h8-11,13H,7H2,1-4H3,(H,22,25). The van der Waals surface area contributed by atoms with E-state index in [1.165, 1.54) is 11.3 Å². The van der Waals surface area contributed by atoms with Gasteiger partial charge in [-0.25, -0.2) is 4.98 Å². The molecule has 1 N–H and O–H groups in total. The predicted octanol–water partition coefficient (Wildman–Crippen LogP) is 4.17. The molecule has 0 spiro atoms. The smallest absolute Gasteiger partial charge is 0.251 e. The average Bonchev–Trinajstić information content (AvgIpc) is 3.30. The van der Waals surface area contributed by atoms with Crippen LogP contribution in [0.1, 0.15) is 45.1 Å². The lowest BCUT2D eigenvalue weighted by atomic mass is 10.1. The first-order valence-electron chi connectivity index (χ1n) is 8.67. The second-order valence-corrected chi connectivity index (χ2v) is 8.54. The number of benzene rings is 1. The van der Waals surface area contributed by atoms with E-state index in [-0.39, 0.29) is 18.6 Å². The molecule has 0 aliphatic rings. The monoisotopic (exact) mass is 412 g/mol. The fraction of sp³-hybridized carbons (Fsp3) is 0.300. The van der Waals surface area contributed by atoms with E-state index in [9.17, 15) is 4.79 Å². The number of hydrogen-bond acceptors (Lipinski definition) is 7. The van der Waals surface area contributed by atoms with Crippen LogP contribution in [0.25, 0.3) is 10.6 Å². The second kappa shape index (κ2) is 8.95. The number of carbonyl (C=O) groups is 1. The zero-order valence-corrected chi connectivity index (χ0v) is 17.7. The van der Waals surface area contributed by atoms with Gasteiger partial charge in [0.05, 0.1) is 6.04 Å². The van der Waals surface area contributed by atoms with E-state index in [0.717, 1.165) is 25.5 Å². The molecule has 0 saturated carbocycles. The maximum absolute atomic E-state index is 12.9. The molecule has 0 bridgehead atoms. The van der Waals surface area contributed by atoms with Crippen LogP contribution < -0.4 is 10.1 Å². The van der Waals surface area contributed by atoms with Gasteiger partial charge in [-0.05, 0) is 45.9 Å². The minimum atomic E-state index is -0.236. The van der Waals surface area contributed by atoms with Crippen molar-refractivity contribution in [2.75, 3.05) is 6.61 Å². The van der Waals surface area contributed by atoms with E-state index in [1.807, 2.05) is 39.1 Å². The lowest BCUT2D eigenvalue weighted by Crippen LogP contribution is -2.26. The molecule has 6 nitrogen and oxygen atoms in total. The molecule has 0 saturated heterocycles. The topological polar surface area (TPSA) is 77.0 Å². The predicted molar refractivity (Wildman–Crippen MR) is 112 cm³/mol. The van der Waals surface area contributed by atoms with Crippen molar-refractivity contribution < 1.29 is 9.53 Å². The summed E-state index contributed by atoms with van der Waals surface area (Å²) in [7, 11) is 0. The van der Waals surface area contributed by atoms with Gasteiger partial charge >= 0.3 is 0 Å². The van der Waals surface area contributed by atoms with E-state index >= 15 is 0 Å². The van der Waals surface area contributed by atoms with E-state index in [2.05, 4.69) is 32.3 Å². The largest absolute Gasteiger partial charge is 0.481 e. The van der Waals surface area contributed by atoms with E-state index in [1.54, 1.807) is 24.3 Å². The number of aromatic nitrogens is 3. The van der Waals surface area contributed by atoms with Crippen LogP contribution in [0.5, 0.6) is 5.75 Å². The molecule has 1 aromatic carbocycles. The molecule has 8 heteroatoms. The highest BCUT2D eigenvalue weighted by Gasteiger charge is 2.17. The molecule has 2 heterocycles. The summed E-state index contributed by atoms with van der Waals surface area (Å²) in [5.41, 5.74) is 1.34. The number of ether oxygens (including phenoxy) is 1. The van der Waals surface area contributed by atoms with Gasteiger partial charge in [-0.1, -0.05) is 17.3 Å². The Labute approximate surface area is 172 Å². The number of amides is 1. The van der Waals surface area contributed by atoms with Crippen molar-refractivity contribution in [3.63, 3.8) is 0 Å². The Morgan fingerprint density at radius 3 is 2.71 bits per heavy atom. The van der Waals surface area contributed by atoms with Crippen molar-refractivity contribution >= 4 is 28.6 Å². The van der Waals surface area contributed by atoms with Crippen molar-refractivity contribution in [2.45, 2.75) is 33.7 Å². The van der Waals surface area contributed by atoms with Crippen molar-refractivity contribution in [3.05, 3.63) is 44.9 Å². The minimum absolute atomic E-state index is 0.207.